The van der Waals surface area contributed by atoms with Gasteiger partial charge < -0.3 is 10.8 Å². The van der Waals surface area contributed by atoms with Crippen molar-refractivity contribution in [3.8, 4) is 0 Å². The third kappa shape index (κ3) is 3.26. The molecule has 2 unspecified atom stereocenters. The summed E-state index contributed by atoms with van der Waals surface area (Å²) >= 11 is 3.39. The van der Waals surface area contributed by atoms with E-state index in [1.54, 1.807) is 12.1 Å². The second-order valence-corrected chi connectivity index (χ2v) is 5.78. The van der Waals surface area contributed by atoms with Gasteiger partial charge in [-0.2, -0.15) is 0 Å². The van der Waals surface area contributed by atoms with Crippen molar-refractivity contribution in [1.82, 2.24) is 0 Å². The fourth-order valence-electron chi connectivity index (χ4n) is 2.27. The lowest BCUT2D eigenvalue weighted by atomic mass is 9.88. The summed E-state index contributed by atoms with van der Waals surface area (Å²) in [6.07, 6.45) is -0.963. The normalized spacial score (nSPS) is 14.1. The Kier molecular flexibility index (Phi) is 4.91. The van der Waals surface area contributed by atoms with Crippen LogP contribution in [0.1, 0.15) is 28.7 Å². The van der Waals surface area contributed by atoms with Crippen molar-refractivity contribution < 1.29 is 9.50 Å². The van der Waals surface area contributed by atoms with E-state index in [4.69, 9.17) is 5.73 Å². The maximum atomic E-state index is 14.0. The lowest BCUT2D eigenvalue weighted by molar-refractivity contribution is 0.143. The zero-order chi connectivity index (χ0) is 14.7. The number of aliphatic hydroxyl groups excluding tert-OH is 1. The minimum absolute atomic E-state index is 0.241. The van der Waals surface area contributed by atoms with Crippen LogP contribution >= 0.6 is 15.9 Å². The van der Waals surface area contributed by atoms with Crippen LogP contribution in [0.5, 0.6) is 0 Å². The monoisotopic (exact) mass is 337 g/mol. The van der Waals surface area contributed by atoms with E-state index >= 15 is 0 Å². The van der Waals surface area contributed by atoms with Crippen molar-refractivity contribution in [2.75, 3.05) is 6.54 Å². The lowest BCUT2D eigenvalue weighted by Gasteiger charge is -2.23. The molecular weight excluding hydrogens is 321 g/mol. The molecule has 0 amide bonds. The highest BCUT2D eigenvalue weighted by molar-refractivity contribution is 9.10. The summed E-state index contributed by atoms with van der Waals surface area (Å²) < 4.78 is 14.9. The van der Waals surface area contributed by atoms with Gasteiger partial charge in [0.1, 0.15) is 5.82 Å². The molecule has 106 valence electrons. The SMILES string of the molecule is Cc1ccc(C(O)C(CN)c2cccc(Br)c2)c(F)c1. The van der Waals surface area contributed by atoms with E-state index in [0.717, 1.165) is 15.6 Å². The van der Waals surface area contributed by atoms with Crippen LogP contribution in [0.4, 0.5) is 4.39 Å². The van der Waals surface area contributed by atoms with E-state index in [2.05, 4.69) is 15.9 Å². The summed E-state index contributed by atoms with van der Waals surface area (Å²) in [5.74, 6) is -0.740. The summed E-state index contributed by atoms with van der Waals surface area (Å²) in [7, 11) is 0. The highest BCUT2D eigenvalue weighted by Gasteiger charge is 2.24. The summed E-state index contributed by atoms with van der Waals surface area (Å²) in [5, 5.41) is 10.5. The van der Waals surface area contributed by atoms with E-state index < -0.39 is 11.9 Å². The van der Waals surface area contributed by atoms with Gasteiger partial charge in [0, 0.05) is 22.5 Å². The number of hydrogen-bond donors (Lipinski definition) is 2. The van der Waals surface area contributed by atoms with Gasteiger partial charge in [-0.3, -0.25) is 0 Å². The van der Waals surface area contributed by atoms with E-state index in [9.17, 15) is 9.50 Å². The number of aliphatic hydroxyl groups is 1. The summed E-state index contributed by atoms with van der Waals surface area (Å²) in [5.41, 5.74) is 7.77. The van der Waals surface area contributed by atoms with Crippen LogP contribution in [0, 0.1) is 12.7 Å². The first-order valence-corrected chi connectivity index (χ1v) is 7.22. The fourth-order valence-corrected chi connectivity index (χ4v) is 2.69. The van der Waals surface area contributed by atoms with Crippen LogP contribution < -0.4 is 5.73 Å². The Morgan fingerprint density at radius 1 is 1.25 bits per heavy atom. The molecule has 2 aromatic rings. The Bertz CT molecular complexity index is 603. The van der Waals surface area contributed by atoms with Crippen LogP contribution in [0.3, 0.4) is 0 Å². The minimum atomic E-state index is -0.963. The standard InChI is InChI=1S/C16H17BrFNO/c1-10-5-6-13(15(18)7-10)16(20)14(9-19)11-3-2-4-12(17)8-11/h2-8,14,16,20H,9,19H2,1H3. The Morgan fingerprint density at radius 2 is 2.00 bits per heavy atom. The van der Waals surface area contributed by atoms with Gasteiger partial charge in [-0.1, -0.05) is 40.2 Å². The van der Waals surface area contributed by atoms with Gasteiger partial charge >= 0.3 is 0 Å². The third-order valence-electron chi connectivity index (χ3n) is 3.39. The Hall–Kier alpha value is -1.23. The average Bonchev–Trinajstić information content (AvgIpc) is 2.39. The fraction of sp³-hybridized carbons (Fsp3) is 0.250. The molecule has 4 heteroatoms. The minimum Gasteiger partial charge on any atom is -0.388 e. The maximum Gasteiger partial charge on any atom is 0.129 e. The van der Waals surface area contributed by atoms with Crippen molar-refractivity contribution in [3.05, 3.63) is 69.4 Å². The number of aryl methyl sites for hydroxylation is 1. The quantitative estimate of drug-likeness (QED) is 0.893. The molecular formula is C16H17BrFNO. The summed E-state index contributed by atoms with van der Waals surface area (Å²) in [6.45, 7) is 2.05. The number of hydrogen-bond acceptors (Lipinski definition) is 2. The van der Waals surface area contributed by atoms with E-state index in [-0.39, 0.29) is 18.0 Å². The van der Waals surface area contributed by atoms with E-state index in [1.165, 1.54) is 6.07 Å². The topological polar surface area (TPSA) is 46.2 Å². The van der Waals surface area contributed by atoms with Gasteiger partial charge in [0.05, 0.1) is 6.10 Å². The van der Waals surface area contributed by atoms with Gasteiger partial charge in [-0.25, -0.2) is 4.39 Å². The third-order valence-corrected chi connectivity index (χ3v) is 3.88. The van der Waals surface area contributed by atoms with Crippen molar-refractivity contribution in [2.45, 2.75) is 18.9 Å². The molecule has 2 atom stereocenters. The first-order chi connectivity index (χ1) is 9.52. The Labute approximate surface area is 126 Å². The Morgan fingerprint density at radius 3 is 2.60 bits per heavy atom. The second-order valence-electron chi connectivity index (χ2n) is 4.87. The van der Waals surface area contributed by atoms with Crippen molar-refractivity contribution in [3.63, 3.8) is 0 Å². The number of rotatable bonds is 4. The van der Waals surface area contributed by atoms with Crippen molar-refractivity contribution in [2.24, 2.45) is 5.73 Å². The lowest BCUT2D eigenvalue weighted by Crippen LogP contribution is -2.21. The number of nitrogens with two attached hydrogens (primary N) is 1. The zero-order valence-electron chi connectivity index (χ0n) is 11.2. The molecule has 0 aromatic heterocycles. The molecule has 0 spiro atoms. The van der Waals surface area contributed by atoms with Gasteiger partial charge in [0.25, 0.3) is 0 Å². The first kappa shape index (κ1) is 15.2. The first-order valence-electron chi connectivity index (χ1n) is 6.42. The highest BCUT2D eigenvalue weighted by atomic mass is 79.9. The number of halogens is 2. The molecule has 3 N–H and O–H groups in total. The van der Waals surface area contributed by atoms with Crippen LogP contribution in [0.2, 0.25) is 0 Å². The molecule has 0 saturated carbocycles. The summed E-state index contributed by atoms with van der Waals surface area (Å²) in [4.78, 5) is 0. The van der Waals surface area contributed by atoms with E-state index in [1.807, 2.05) is 31.2 Å². The molecule has 0 saturated heterocycles. The van der Waals surface area contributed by atoms with Crippen molar-refractivity contribution >= 4 is 15.9 Å². The molecule has 2 nitrogen and oxygen atoms in total. The predicted molar refractivity (Wildman–Crippen MR) is 82.0 cm³/mol. The zero-order valence-corrected chi connectivity index (χ0v) is 12.8. The maximum absolute atomic E-state index is 14.0. The molecule has 0 aliphatic heterocycles. The van der Waals surface area contributed by atoms with Gasteiger partial charge in [-0.15, -0.1) is 0 Å². The van der Waals surface area contributed by atoms with Gasteiger partial charge in [-0.05, 0) is 36.2 Å². The molecule has 0 aliphatic rings. The predicted octanol–water partition coefficient (Wildman–Crippen LogP) is 3.67. The molecule has 0 aliphatic carbocycles. The van der Waals surface area contributed by atoms with Crippen molar-refractivity contribution in [1.29, 1.82) is 0 Å². The molecule has 2 aromatic carbocycles. The van der Waals surface area contributed by atoms with Gasteiger partial charge in [0.15, 0.2) is 0 Å². The van der Waals surface area contributed by atoms with Crippen LogP contribution in [0.15, 0.2) is 46.9 Å². The van der Waals surface area contributed by atoms with Gasteiger partial charge in [0.2, 0.25) is 0 Å². The largest absolute Gasteiger partial charge is 0.388 e. The molecule has 2 rings (SSSR count). The van der Waals surface area contributed by atoms with Crippen LogP contribution in [0.25, 0.3) is 0 Å². The average molecular weight is 338 g/mol. The number of benzene rings is 2. The molecule has 0 heterocycles. The van der Waals surface area contributed by atoms with Crippen LogP contribution in [-0.2, 0) is 0 Å². The molecule has 0 radical (unpaired) electrons. The molecule has 20 heavy (non-hydrogen) atoms. The Balaban J connectivity index is 2.36. The van der Waals surface area contributed by atoms with Crippen LogP contribution in [-0.4, -0.2) is 11.7 Å². The summed E-state index contributed by atoms with van der Waals surface area (Å²) in [6, 6.07) is 12.4. The second kappa shape index (κ2) is 6.48. The molecule has 0 bridgehead atoms. The smallest absolute Gasteiger partial charge is 0.129 e. The molecule has 0 fully saturated rings. The highest BCUT2D eigenvalue weighted by Crippen LogP contribution is 2.32. The van der Waals surface area contributed by atoms with E-state index in [0.29, 0.717) is 0 Å².